The molecule has 9 aromatic carbocycles. The predicted octanol–water partition coefficient (Wildman–Crippen LogP) is 16.8. The van der Waals surface area contributed by atoms with E-state index in [-0.39, 0.29) is 33.4 Å². The van der Waals surface area contributed by atoms with Crippen LogP contribution in [0.5, 0.6) is 11.5 Å². The summed E-state index contributed by atoms with van der Waals surface area (Å²) in [5.41, 5.74) is 8.40. The van der Waals surface area contributed by atoms with Crippen LogP contribution in [0.25, 0.3) is 99.8 Å². The zero-order chi connectivity index (χ0) is 57.4. The van der Waals surface area contributed by atoms with Gasteiger partial charge >= 0.3 is 382 Å². The van der Waals surface area contributed by atoms with Crippen LogP contribution in [0.4, 0.5) is 0 Å². The van der Waals surface area contributed by atoms with Crippen LogP contribution in [-0.4, -0.2) is 23.3 Å². The van der Waals surface area contributed by atoms with Crippen molar-refractivity contribution >= 4 is 54.6 Å². The molecule has 0 fully saturated rings. The molecule has 0 aliphatic heterocycles. The third-order valence-corrected chi connectivity index (χ3v) is 14.5. The van der Waals surface area contributed by atoms with Crippen LogP contribution in [0.1, 0.15) is 45.6 Å². The fourth-order valence-electron chi connectivity index (χ4n) is 10.2. The van der Waals surface area contributed by atoms with E-state index in [4.69, 9.17) is 17.9 Å². The average Bonchev–Trinajstić information content (AvgIpc) is 2.72. The SMILES string of the molecule is [2H]c1c([2H])c([2H])c(-c2cc(-n3c4ccccc4c4ccccc43)cc(-c3c([2H])c([2H])c([2H])c([2H])c3[2H])c2-n2[c](=[Pt])n(-c3cccc(Oc4ccc5c6cc(C)ccc6n(-c6cc(C(C)(C)C)ccn6)c5c4)c3)c3ccccc32)c([2H])c1[2H]. The van der Waals surface area contributed by atoms with Crippen molar-refractivity contribution in [2.24, 2.45) is 0 Å². The normalized spacial score (nSPS) is 13.9. The first-order chi connectivity index (χ1) is 39.3. The summed E-state index contributed by atoms with van der Waals surface area (Å²) >= 11 is 2.21. The van der Waals surface area contributed by atoms with E-state index in [0.29, 0.717) is 37.7 Å². The summed E-state index contributed by atoms with van der Waals surface area (Å²) in [5.74, 6) is 1.91. The van der Waals surface area contributed by atoms with Gasteiger partial charge in [0.25, 0.3) is 0 Å². The van der Waals surface area contributed by atoms with E-state index >= 15 is 0 Å². The number of pyridine rings is 1. The van der Waals surface area contributed by atoms with E-state index < -0.39 is 60.4 Å². The molecule has 0 N–H and O–H groups in total. The fraction of sp³-hybridized carbons (Fsp3) is 0.0769. The van der Waals surface area contributed by atoms with Crippen molar-refractivity contribution in [3.05, 3.63) is 239 Å². The van der Waals surface area contributed by atoms with E-state index in [1.165, 1.54) is 0 Å². The molecular weight excluding hydrogens is 1060 g/mol. The molecule has 0 bridgehead atoms. The second kappa shape index (κ2) is 17.2. The van der Waals surface area contributed by atoms with Crippen molar-refractivity contribution in [3.63, 3.8) is 0 Å². The third kappa shape index (κ3) is 7.28. The van der Waals surface area contributed by atoms with Crippen molar-refractivity contribution in [2.45, 2.75) is 33.1 Å². The summed E-state index contributed by atoms with van der Waals surface area (Å²) in [5, 5.41) is 3.99. The van der Waals surface area contributed by atoms with Crippen LogP contribution < -0.4 is 4.74 Å². The molecule has 0 atom stereocenters. The number of hydrogen-bond donors (Lipinski definition) is 0. The molecule has 72 heavy (non-hydrogen) atoms. The molecule has 6 nitrogen and oxygen atoms in total. The van der Waals surface area contributed by atoms with Gasteiger partial charge in [-0.2, -0.15) is 0 Å². The van der Waals surface area contributed by atoms with Crippen molar-refractivity contribution in [2.75, 3.05) is 0 Å². The van der Waals surface area contributed by atoms with Gasteiger partial charge in [0.1, 0.15) is 0 Å². The van der Waals surface area contributed by atoms with Crippen LogP contribution >= 0.6 is 0 Å². The Morgan fingerprint density at radius 1 is 0.472 bits per heavy atom. The molecule has 0 saturated carbocycles. The number of ether oxygens (including phenoxy) is 1. The average molecular weight is 1120 g/mol. The van der Waals surface area contributed by atoms with Gasteiger partial charge in [-0.1, -0.05) is 32.4 Å². The van der Waals surface area contributed by atoms with Gasteiger partial charge in [0, 0.05) is 6.20 Å². The van der Waals surface area contributed by atoms with Gasteiger partial charge in [0.2, 0.25) is 0 Å². The Morgan fingerprint density at radius 2 is 1.06 bits per heavy atom. The number of rotatable bonds is 8. The van der Waals surface area contributed by atoms with Gasteiger partial charge in [0.05, 0.1) is 0 Å². The molecule has 0 amide bonds. The van der Waals surface area contributed by atoms with Crippen LogP contribution in [0.15, 0.2) is 224 Å². The second-order valence-corrected chi connectivity index (χ2v) is 20.0. The molecule has 0 spiro atoms. The van der Waals surface area contributed by atoms with Gasteiger partial charge in [-0.25, -0.2) is 0 Å². The molecule has 0 aliphatic carbocycles. The van der Waals surface area contributed by atoms with Crippen molar-refractivity contribution in [1.29, 1.82) is 0 Å². The summed E-state index contributed by atoms with van der Waals surface area (Å²) in [6.07, 6.45) is 1.86. The molecule has 4 heterocycles. The minimum atomic E-state index is -0.578. The quantitative estimate of drug-likeness (QED) is 0.152. The Balaban J connectivity index is 1.07. The fourth-order valence-corrected chi connectivity index (χ4v) is 11.3. The standard InChI is InChI=1S/C65H49N5O.Pt/c1-43-30-33-59-56(36-43)53-32-31-50(41-62(53)70(59)63-37-46(34-35-66-63)65(2,3)4)71-49-23-17-22-47(38-49)67-42-68(61-29-16-15-28-60(61)67)64-54(44-18-7-5-8-19-44)39-48(40-55(64)45-20-9-6-10-21-45)69-57-26-13-11-24-51(57)52-25-12-14-27-58(52)69;/h5-41H,1-4H3;/i5D,6D,7D,8D,9D,10D,18D,19D,20D,21D;. The molecule has 4 aromatic heterocycles. The zero-order valence-corrected chi connectivity index (χ0v) is 41.8. The number of fused-ring (bicyclic) bond motifs is 7. The van der Waals surface area contributed by atoms with E-state index in [9.17, 15) is 5.48 Å². The molecule has 7 heteroatoms. The molecule has 0 radical (unpaired) electrons. The van der Waals surface area contributed by atoms with E-state index in [0.717, 1.165) is 60.6 Å². The predicted molar refractivity (Wildman–Crippen MR) is 293 cm³/mol. The van der Waals surface area contributed by atoms with Crippen molar-refractivity contribution < 1.29 is 37.8 Å². The Morgan fingerprint density at radius 3 is 1.71 bits per heavy atom. The second-order valence-electron chi connectivity index (χ2n) is 18.9. The monoisotopic (exact) mass is 1120 g/mol. The van der Waals surface area contributed by atoms with E-state index in [1.807, 2.05) is 129 Å². The summed E-state index contributed by atoms with van der Waals surface area (Å²) in [7, 11) is 0. The molecule has 0 unspecified atom stereocenters. The van der Waals surface area contributed by atoms with E-state index in [1.54, 1.807) is 12.1 Å². The third-order valence-electron chi connectivity index (χ3n) is 13.4. The van der Waals surface area contributed by atoms with E-state index in [2.05, 4.69) is 88.0 Å². The summed E-state index contributed by atoms with van der Waals surface area (Å²) in [6.45, 7) is 8.65. The van der Waals surface area contributed by atoms with Crippen LogP contribution in [0.3, 0.4) is 0 Å². The number of imidazole rings is 1. The first-order valence-corrected chi connectivity index (χ1v) is 24.8. The van der Waals surface area contributed by atoms with Gasteiger partial charge in [-0.3, -0.25) is 0 Å². The Hall–Kier alpha value is -8.31. The number of aryl methyl sites for hydroxylation is 1. The van der Waals surface area contributed by atoms with Crippen LogP contribution in [0.2, 0.25) is 0 Å². The number of aromatic nitrogens is 5. The van der Waals surface area contributed by atoms with Crippen LogP contribution in [0, 0.1) is 10.7 Å². The number of benzene rings is 9. The maximum atomic E-state index is 9.56. The molecular formula is C65H49N5OPt. The van der Waals surface area contributed by atoms with Gasteiger partial charge < -0.3 is 0 Å². The Kier molecular flexibility index (Phi) is 8.15. The first kappa shape index (κ1) is 34.1. The van der Waals surface area contributed by atoms with Crippen molar-refractivity contribution in [1.82, 2.24) is 23.3 Å². The first-order valence-electron chi connectivity index (χ1n) is 28.6. The number of nitrogens with zero attached hydrogens (tertiary/aromatic N) is 5. The molecule has 350 valence electrons. The van der Waals surface area contributed by atoms with Crippen LogP contribution in [-0.2, 0) is 24.8 Å². The molecule has 0 saturated heterocycles. The number of hydrogen-bond acceptors (Lipinski definition) is 2. The summed E-state index contributed by atoms with van der Waals surface area (Å²) in [6, 6.07) is 45.9. The minimum absolute atomic E-state index is 0.104. The topological polar surface area (TPSA) is 41.8 Å². The Labute approximate surface area is 442 Å². The molecule has 0 aliphatic rings. The van der Waals surface area contributed by atoms with Gasteiger partial charge in [0.15, 0.2) is 0 Å². The summed E-state index contributed by atoms with van der Waals surface area (Å²) < 4.78 is 107. The molecule has 13 rings (SSSR count). The maximum absolute atomic E-state index is 9.56. The zero-order valence-electron chi connectivity index (χ0n) is 49.5. The number of para-hydroxylation sites is 4. The van der Waals surface area contributed by atoms with Crippen molar-refractivity contribution in [3.8, 4) is 56.6 Å². The van der Waals surface area contributed by atoms with Gasteiger partial charge in [-0.05, 0) is 24.0 Å². The Bertz CT molecular complexity index is 4750. The molecule has 13 aromatic rings. The van der Waals surface area contributed by atoms with Gasteiger partial charge in [-0.15, -0.1) is 0 Å². The summed E-state index contributed by atoms with van der Waals surface area (Å²) in [4.78, 5) is 4.89.